The van der Waals surface area contributed by atoms with Gasteiger partial charge in [0.2, 0.25) is 5.50 Å². The van der Waals surface area contributed by atoms with E-state index in [0.29, 0.717) is 23.1 Å². The molecule has 1 unspecified atom stereocenters. The van der Waals surface area contributed by atoms with Gasteiger partial charge < -0.3 is 28.8 Å². The Morgan fingerprint density at radius 2 is 1.76 bits per heavy atom. The highest BCUT2D eigenvalue weighted by Gasteiger charge is 2.40. The zero-order valence-corrected chi connectivity index (χ0v) is 21.8. The van der Waals surface area contributed by atoms with Crippen LogP contribution >= 0.6 is 0 Å². The lowest BCUT2D eigenvalue weighted by Crippen LogP contribution is -2.44. The predicted octanol–water partition coefficient (Wildman–Crippen LogP) is 2.11. The fourth-order valence-corrected chi connectivity index (χ4v) is 4.67. The Hall–Kier alpha value is -3.36. The molecule has 1 aliphatic heterocycles. The summed E-state index contributed by atoms with van der Waals surface area (Å²) in [7, 11) is 0.208. The number of halogens is 3. The van der Waals surface area contributed by atoms with Crippen molar-refractivity contribution in [2.75, 3.05) is 46.9 Å². The van der Waals surface area contributed by atoms with Crippen LogP contribution in [-0.2, 0) is 25.9 Å². The first-order chi connectivity index (χ1) is 18.0. The molecule has 2 heterocycles. The maximum Gasteiger partial charge on any atom is 0.431 e. The second-order valence-electron chi connectivity index (χ2n) is 8.11. The molecule has 0 bridgehead atoms. The van der Waals surface area contributed by atoms with Crippen molar-refractivity contribution < 1.29 is 40.5 Å². The molecule has 0 saturated carbocycles. The van der Waals surface area contributed by atoms with E-state index in [0.717, 1.165) is 0 Å². The Bertz CT molecular complexity index is 1350. The van der Waals surface area contributed by atoms with Crippen molar-refractivity contribution in [3.05, 3.63) is 69.8 Å². The third-order valence-electron chi connectivity index (χ3n) is 5.49. The SMILES string of the molecule is COCCOCCS(=O)(=O)C1N=C(c2ccc(=O)n(Cc3ccc(OC)c(OC)c3)c2)C=C(C(F)(F)F)N1. The summed E-state index contributed by atoms with van der Waals surface area (Å²) in [6.45, 7) is 0.197. The molecule has 1 N–H and O–H groups in total. The minimum atomic E-state index is -4.86. The average molecular weight is 560 g/mol. The van der Waals surface area contributed by atoms with E-state index in [-0.39, 0.29) is 37.6 Å². The lowest BCUT2D eigenvalue weighted by molar-refractivity contribution is -0.0970. The van der Waals surface area contributed by atoms with Gasteiger partial charge in [-0.15, -0.1) is 0 Å². The maximum atomic E-state index is 13.7. The van der Waals surface area contributed by atoms with Gasteiger partial charge in [-0.05, 0) is 29.8 Å². The van der Waals surface area contributed by atoms with Crippen molar-refractivity contribution in [2.24, 2.45) is 4.99 Å². The van der Waals surface area contributed by atoms with Crippen molar-refractivity contribution in [1.29, 1.82) is 0 Å². The number of hydrogen-bond acceptors (Lipinski definition) is 9. The summed E-state index contributed by atoms with van der Waals surface area (Å²) in [5.41, 5.74) is -3.04. The van der Waals surface area contributed by atoms with Crippen molar-refractivity contribution in [3.63, 3.8) is 0 Å². The number of benzene rings is 1. The molecule has 1 atom stereocenters. The van der Waals surface area contributed by atoms with Gasteiger partial charge in [0.1, 0.15) is 5.70 Å². The van der Waals surface area contributed by atoms with Crippen molar-refractivity contribution >= 4 is 15.5 Å². The lowest BCUT2D eigenvalue weighted by atomic mass is 10.1. The number of hydrogen-bond donors (Lipinski definition) is 1. The summed E-state index contributed by atoms with van der Waals surface area (Å²) in [6.07, 6.45) is -2.83. The zero-order valence-electron chi connectivity index (χ0n) is 20.9. The third kappa shape index (κ3) is 7.36. The highest BCUT2D eigenvalue weighted by atomic mass is 32.2. The topological polar surface area (TPSA) is 117 Å². The van der Waals surface area contributed by atoms with Gasteiger partial charge in [0, 0.05) is 24.9 Å². The summed E-state index contributed by atoms with van der Waals surface area (Å²) in [5, 5.41) is 1.96. The average Bonchev–Trinajstić information content (AvgIpc) is 2.89. The minimum Gasteiger partial charge on any atom is -0.493 e. The number of alkyl halides is 3. The number of ether oxygens (including phenoxy) is 4. The van der Waals surface area contributed by atoms with Crippen LogP contribution in [0.15, 0.2) is 58.1 Å². The van der Waals surface area contributed by atoms with Crippen molar-refractivity contribution in [1.82, 2.24) is 9.88 Å². The Morgan fingerprint density at radius 1 is 1.03 bits per heavy atom. The molecule has 2 aromatic rings. The van der Waals surface area contributed by atoms with Crippen LogP contribution in [0.5, 0.6) is 11.5 Å². The minimum absolute atomic E-state index is 0.0644. The Labute approximate surface area is 217 Å². The normalized spacial score (nSPS) is 15.9. The first kappa shape index (κ1) is 29.2. The maximum absolute atomic E-state index is 13.7. The first-order valence-electron chi connectivity index (χ1n) is 11.3. The molecule has 1 aliphatic rings. The number of nitrogens with zero attached hydrogens (tertiary/aromatic N) is 2. The molecule has 0 radical (unpaired) electrons. The summed E-state index contributed by atoms with van der Waals surface area (Å²) >= 11 is 0. The van der Waals surface area contributed by atoms with Crippen LogP contribution in [0.4, 0.5) is 13.2 Å². The van der Waals surface area contributed by atoms with E-state index in [2.05, 4.69) is 4.99 Å². The van der Waals surface area contributed by atoms with Crippen molar-refractivity contribution in [3.8, 4) is 11.5 Å². The largest absolute Gasteiger partial charge is 0.493 e. The van der Waals surface area contributed by atoms with Crippen LogP contribution in [0.2, 0.25) is 0 Å². The monoisotopic (exact) mass is 559 g/mol. The van der Waals surface area contributed by atoms with Gasteiger partial charge in [-0.3, -0.25) is 4.79 Å². The molecule has 208 valence electrons. The van der Waals surface area contributed by atoms with E-state index in [9.17, 15) is 26.4 Å². The van der Waals surface area contributed by atoms with E-state index < -0.39 is 38.5 Å². The van der Waals surface area contributed by atoms with Crippen LogP contribution in [-0.4, -0.2) is 77.3 Å². The van der Waals surface area contributed by atoms with Crippen LogP contribution in [0.3, 0.4) is 0 Å². The lowest BCUT2D eigenvalue weighted by Gasteiger charge is -2.25. The molecule has 1 aromatic carbocycles. The molecule has 1 aromatic heterocycles. The number of nitrogens with one attached hydrogen (secondary N) is 1. The Morgan fingerprint density at radius 3 is 2.42 bits per heavy atom. The number of allylic oxidation sites excluding steroid dienone is 2. The van der Waals surface area contributed by atoms with Gasteiger partial charge in [-0.25, -0.2) is 13.4 Å². The number of aliphatic imine (C=N–C) groups is 1. The summed E-state index contributed by atoms with van der Waals surface area (Å²) in [5.74, 6) is 0.367. The van der Waals surface area contributed by atoms with E-state index in [1.807, 2.05) is 5.32 Å². The van der Waals surface area contributed by atoms with Gasteiger partial charge in [-0.2, -0.15) is 13.2 Å². The summed E-state index contributed by atoms with van der Waals surface area (Å²) in [4.78, 5) is 16.6. The van der Waals surface area contributed by atoms with E-state index in [1.165, 1.54) is 44.2 Å². The fourth-order valence-electron chi connectivity index (χ4n) is 3.51. The molecule has 14 heteroatoms. The Kier molecular flexibility index (Phi) is 9.57. The van der Waals surface area contributed by atoms with Crippen LogP contribution < -0.4 is 20.3 Å². The number of aromatic nitrogens is 1. The van der Waals surface area contributed by atoms with Gasteiger partial charge in [0.05, 0.1) is 52.0 Å². The van der Waals surface area contributed by atoms with Gasteiger partial charge >= 0.3 is 6.18 Å². The summed E-state index contributed by atoms with van der Waals surface area (Å²) in [6, 6.07) is 7.50. The van der Waals surface area contributed by atoms with Crippen LogP contribution in [0.25, 0.3) is 0 Å². The highest BCUT2D eigenvalue weighted by Crippen LogP contribution is 2.29. The second-order valence-corrected chi connectivity index (χ2v) is 10.3. The molecule has 0 amide bonds. The second kappa shape index (κ2) is 12.5. The molecule has 0 spiro atoms. The van der Waals surface area contributed by atoms with E-state index in [1.54, 1.807) is 18.2 Å². The number of pyridine rings is 1. The standard InChI is InChI=1S/C24H28F3N3O7S/c1-34-8-9-37-10-11-38(32,33)23-28-18(13-21(29-23)24(25,26)27)17-5-7-22(31)30(15-17)14-16-4-6-19(35-2)20(12-16)36-3/h4-7,12-13,15,23,29H,8-11,14H2,1-3H3. The molecular formula is C24H28F3N3O7S. The molecule has 0 aliphatic carbocycles. The molecule has 0 saturated heterocycles. The molecule has 0 fully saturated rings. The third-order valence-corrected chi connectivity index (χ3v) is 7.13. The van der Waals surface area contributed by atoms with Crippen LogP contribution in [0.1, 0.15) is 11.1 Å². The quantitative estimate of drug-likeness (QED) is 0.393. The van der Waals surface area contributed by atoms with E-state index >= 15 is 0 Å². The molecule has 3 rings (SSSR count). The van der Waals surface area contributed by atoms with Crippen LogP contribution in [0, 0.1) is 0 Å². The molecule has 10 nitrogen and oxygen atoms in total. The fraction of sp³-hybridized carbons (Fsp3) is 0.417. The van der Waals surface area contributed by atoms with Gasteiger partial charge in [0.15, 0.2) is 21.3 Å². The first-order valence-corrected chi connectivity index (χ1v) is 13.0. The van der Waals surface area contributed by atoms with Gasteiger partial charge in [-0.1, -0.05) is 6.07 Å². The summed E-state index contributed by atoms with van der Waals surface area (Å²) < 4.78 is 88.2. The van der Waals surface area contributed by atoms with Gasteiger partial charge in [0.25, 0.3) is 5.56 Å². The smallest absolute Gasteiger partial charge is 0.431 e. The molecular weight excluding hydrogens is 531 g/mol. The number of rotatable bonds is 12. The zero-order chi connectivity index (χ0) is 27.9. The Balaban J connectivity index is 1.93. The predicted molar refractivity (Wildman–Crippen MR) is 133 cm³/mol. The number of sulfone groups is 1. The van der Waals surface area contributed by atoms with Crippen molar-refractivity contribution in [2.45, 2.75) is 18.2 Å². The highest BCUT2D eigenvalue weighted by molar-refractivity contribution is 7.92. The number of methoxy groups -OCH3 is 3. The van der Waals surface area contributed by atoms with E-state index in [4.69, 9.17) is 18.9 Å². The molecule has 38 heavy (non-hydrogen) atoms.